The van der Waals surface area contributed by atoms with Crippen LogP contribution in [0.25, 0.3) is 0 Å². The Kier molecular flexibility index (Phi) is 9.96. The Labute approximate surface area is 215 Å². The van der Waals surface area contributed by atoms with E-state index in [2.05, 4.69) is 22.3 Å². The lowest BCUT2D eigenvalue weighted by Crippen LogP contribution is -2.48. The molecule has 0 bridgehead atoms. The first-order chi connectivity index (χ1) is 17.6. The van der Waals surface area contributed by atoms with Gasteiger partial charge in [0.15, 0.2) is 0 Å². The molecule has 1 saturated heterocycles. The Hall–Kier alpha value is -2.22. The molecular formula is C29H43N3O4. The molecule has 3 atom stereocenters. The number of benzene rings is 1. The van der Waals surface area contributed by atoms with Gasteiger partial charge < -0.3 is 25.4 Å². The summed E-state index contributed by atoms with van der Waals surface area (Å²) in [6.45, 7) is 3.22. The van der Waals surface area contributed by atoms with Crippen LogP contribution in [0.1, 0.15) is 69.5 Å². The molecule has 2 aromatic carbocycles. The zero-order valence-corrected chi connectivity index (χ0v) is 21.8. The molecule has 0 spiro atoms. The summed E-state index contributed by atoms with van der Waals surface area (Å²) in [7, 11) is 1.70. The lowest BCUT2D eigenvalue weighted by atomic mass is 9.84. The van der Waals surface area contributed by atoms with Crippen LogP contribution in [-0.2, 0) is 9.47 Å². The van der Waals surface area contributed by atoms with Crippen LogP contribution in [0.5, 0.6) is 0 Å². The van der Waals surface area contributed by atoms with Crippen molar-refractivity contribution in [2.75, 3.05) is 50.2 Å². The highest BCUT2D eigenvalue weighted by atomic mass is 16.5. The van der Waals surface area contributed by atoms with Crippen molar-refractivity contribution in [1.82, 2.24) is 0 Å². The highest BCUT2D eigenvalue weighted by Gasteiger charge is 2.34. The van der Waals surface area contributed by atoms with Gasteiger partial charge in [-0.25, -0.2) is 0 Å². The fourth-order valence-corrected chi connectivity index (χ4v) is 6.08. The van der Waals surface area contributed by atoms with Gasteiger partial charge in [0.2, 0.25) is 0 Å². The summed E-state index contributed by atoms with van der Waals surface area (Å²) in [5.74, 6) is 0.879. The number of rotatable bonds is 13. The van der Waals surface area contributed by atoms with E-state index in [0.29, 0.717) is 43.6 Å². The number of anilines is 2. The summed E-state index contributed by atoms with van der Waals surface area (Å²) in [4.78, 5) is 27.5. The van der Waals surface area contributed by atoms with Crippen molar-refractivity contribution in [3.8, 4) is 0 Å². The molecule has 0 radical (unpaired) electrons. The third-order valence-corrected chi connectivity index (χ3v) is 7.98. The summed E-state index contributed by atoms with van der Waals surface area (Å²) >= 11 is 0. The van der Waals surface area contributed by atoms with Gasteiger partial charge in [0.25, 0.3) is 10.9 Å². The molecule has 7 nitrogen and oxygen atoms in total. The van der Waals surface area contributed by atoms with Crippen molar-refractivity contribution in [2.45, 2.75) is 69.9 Å². The van der Waals surface area contributed by atoms with Gasteiger partial charge in [-0.3, -0.25) is 9.59 Å². The van der Waals surface area contributed by atoms with E-state index in [0.717, 1.165) is 37.8 Å². The van der Waals surface area contributed by atoms with E-state index in [1.165, 1.54) is 32.1 Å². The Morgan fingerprint density at radius 3 is 2.53 bits per heavy atom. The van der Waals surface area contributed by atoms with E-state index in [-0.39, 0.29) is 23.5 Å². The average Bonchev–Trinajstić information content (AvgIpc) is 2.93. The Bertz CT molecular complexity index is 998. The van der Waals surface area contributed by atoms with Crippen LogP contribution >= 0.6 is 0 Å². The smallest absolute Gasteiger partial charge is 0.253 e. The van der Waals surface area contributed by atoms with E-state index in [1.54, 1.807) is 7.11 Å². The van der Waals surface area contributed by atoms with Crippen LogP contribution < -0.4 is 26.8 Å². The second kappa shape index (κ2) is 13.4. The summed E-state index contributed by atoms with van der Waals surface area (Å²) in [6.07, 6.45) is 10.0. The Balaban J connectivity index is 1.46. The van der Waals surface area contributed by atoms with Crippen molar-refractivity contribution < 1.29 is 9.47 Å². The van der Waals surface area contributed by atoms with Gasteiger partial charge in [-0.1, -0.05) is 62.4 Å². The van der Waals surface area contributed by atoms with Crippen LogP contribution in [-0.4, -0.2) is 46.0 Å². The third-order valence-electron chi connectivity index (χ3n) is 7.98. The molecule has 1 aliphatic carbocycles. The molecule has 4 rings (SSSR count). The number of hydrogen-bond donors (Lipinski definition) is 2. The fourth-order valence-electron chi connectivity index (χ4n) is 6.08. The zero-order chi connectivity index (χ0) is 25.3. The number of hydrogen-bond acceptors (Lipinski definition) is 7. The number of methoxy groups -OCH3 is 1. The fraction of sp³-hybridized carbons (Fsp3) is 0.655. The molecule has 0 aromatic heterocycles. The first-order valence-electron chi connectivity index (χ1n) is 13.8. The maximum Gasteiger partial charge on any atom is 0.253 e. The number of piperidine rings is 1. The summed E-state index contributed by atoms with van der Waals surface area (Å²) in [5.41, 5.74) is 7.51. The van der Waals surface area contributed by atoms with E-state index < -0.39 is 5.43 Å². The number of ether oxygens (including phenoxy) is 2. The molecule has 0 amide bonds. The van der Waals surface area contributed by atoms with Gasteiger partial charge >= 0.3 is 0 Å². The summed E-state index contributed by atoms with van der Waals surface area (Å²) in [5, 5.41) is 3.40. The van der Waals surface area contributed by atoms with E-state index in [1.807, 2.05) is 18.2 Å². The van der Waals surface area contributed by atoms with Crippen LogP contribution in [0, 0.1) is 11.8 Å². The number of nitrogens with one attached hydrogen (secondary N) is 1. The molecule has 7 heteroatoms. The molecule has 3 N–H and O–H groups in total. The van der Waals surface area contributed by atoms with Crippen LogP contribution in [0.4, 0.5) is 11.4 Å². The predicted molar refractivity (Wildman–Crippen MR) is 146 cm³/mol. The van der Waals surface area contributed by atoms with Gasteiger partial charge in [-0.15, -0.1) is 0 Å². The topological polar surface area (TPSA) is 93.9 Å². The van der Waals surface area contributed by atoms with Gasteiger partial charge in [0.1, 0.15) is 11.4 Å². The van der Waals surface area contributed by atoms with Gasteiger partial charge in [-0.2, -0.15) is 0 Å². The van der Waals surface area contributed by atoms with Crippen molar-refractivity contribution in [3.05, 3.63) is 56.3 Å². The number of nitrogens with two attached hydrogens (primary N) is 1. The second-order valence-electron chi connectivity index (χ2n) is 10.6. The summed E-state index contributed by atoms with van der Waals surface area (Å²) < 4.78 is 11.6. The van der Waals surface area contributed by atoms with E-state index >= 15 is 0 Å². The molecule has 0 unspecified atom stereocenters. The Morgan fingerprint density at radius 2 is 1.81 bits per heavy atom. The highest BCUT2D eigenvalue weighted by Crippen LogP contribution is 2.36. The minimum absolute atomic E-state index is 0.0249. The monoisotopic (exact) mass is 497 g/mol. The largest absolute Gasteiger partial charge is 0.385 e. The van der Waals surface area contributed by atoms with Gasteiger partial charge in [0.05, 0.1) is 6.10 Å². The third kappa shape index (κ3) is 6.55. The standard InChI is InChI=1S/C29H43N3O4/c1-35-16-9-17-36-29(22-12-6-3-7-13-22)23-14-8-15-32(20-23)26-25(27(33)28(26)34)31-24(19-30)18-21-10-4-2-5-11-21/h3,6-7,12-13,21,23-24,29,31H,2,4-5,8-11,14-20,30H2,1H3/t23-,24+,29+/m1/s1. The molecule has 2 aliphatic rings. The van der Waals surface area contributed by atoms with Crippen LogP contribution in [0.2, 0.25) is 0 Å². The molecule has 36 heavy (non-hydrogen) atoms. The number of nitrogens with zero attached hydrogens (tertiary/aromatic N) is 1. The zero-order valence-electron chi connectivity index (χ0n) is 21.8. The minimum atomic E-state index is -0.398. The molecule has 198 valence electrons. The van der Waals surface area contributed by atoms with Crippen LogP contribution in [0.15, 0.2) is 39.9 Å². The van der Waals surface area contributed by atoms with Crippen LogP contribution in [0.3, 0.4) is 0 Å². The molecule has 2 aromatic rings. The molecular weight excluding hydrogens is 454 g/mol. The van der Waals surface area contributed by atoms with Crippen molar-refractivity contribution >= 4 is 11.4 Å². The average molecular weight is 498 g/mol. The quantitative estimate of drug-likeness (QED) is 0.319. The lowest BCUT2D eigenvalue weighted by molar-refractivity contribution is -0.00235. The predicted octanol–water partition coefficient (Wildman–Crippen LogP) is 4.00. The maximum atomic E-state index is 12.8. The first-order valence-corrected chi connectivity index (χ1v) is 13.8. The van der Waals surface area contributed by atoms with Crippen molar-refractivity contribution in [1.29, 1.82) is 0 Å². The molecule has 1 heterocycles. The molecule has 1 saturated carbocycles. The summed E-state index contributed by atoms with van der Waals surface area (Å²) in [6, 6.07) is 10.3. The normalized spacial score (nSPS) is 20.9. The van der Waals surface area contributed by atoms with Gasteiger partial charge in [-0.05, 0) is 37.2 Å². The molecule has 1 aliphatic heterocycles. The van der Waals surface area contributed by atoms with E-state index in [9.17, 15) is 9.59 Å². The first kappa shape index (κ1) is 26.8. The molecule has 2 fully saturated rings. The Morgan fingerprint density at radius 1 is 1.03 bits per heavy atom. The highest BCUT2D eigenvalue weighted by molar-refractivity contribution is 5.75. The lowest BCUT2D eigenvalue weighted by Gasteiger charge is -2.39. The second-order valence-corrected chi connectivity index (χ2v) is 10.6. The SMILES string of the molecule is COCCCO[C@@H](c1ccccc1)[C@@H]1CCCN(c2c(N[C@H](CN)CC3CCCCC3)c(=O)c2=O)C1. The van der Waals surface area contributed by atoms with E-state index in [4.69, 9.17) is 15.2 Å². The maximum absolute atomic E-state index is 12.8. The van der Waals surface area contributed by atoms with Crippen molar-refractivity contribution in [2.24, 2.45) is 17.6 Å². The van der Waals surface area contributed by atoms with Gasteiger partial charge in [0, 0.05) is 51.9 Å². The minimum Gasteiger partial charge on any atom is -0.385 e. The van der Waals surface area contributed by atoms with Crippen molar-refractivity contribution in [3.63, 3.8) is 0 Å².